The minimum atomic E-state index is 0. The topological polar surface area (TPSA) is 61.4 Å². The zero-order valence-corrected chi connectivity index (χ0v) is 22.3. The van der Waals surface area contributed by atoms with E-state index < -0.39 is 0 Å². The highest BCUT2D eigenvalue weighted by Crippen LogP contribution is 2.15. The summed E-state index contributed by atoms with van der Waals surface area (Å²) in [6.45, 7) is 17.4. The van der Waals surface area contributed by atoms with Crippen LogP contribution in [-0.2, 0) is 22.6 Å². The predicted molar refractivity (Wildman–Crippen MR) is 142 cm³/mol. The van der Waals surface area contributed by atoms with Gasteiger partial charge in [-0.05, 0) is 24.0 Å². The number of nitrogens with one attached hydrogen (secondary N) is 2. The van der Waals surface area contributed by atoms with Crippen molar-refractivity contribution in [1.82, 2.24) is 20.4 Å². The monoisotopic (exact) mass is 559 g/mol. The molecular weight excluding hydrogens is 517 g/mol. The van der Waals surface area contributed by atoms with E-state index in [9.17, 15) is 0 Å². The molecule has 0 spiro atoms. The number of hydrogen-bond donors (Lipinski definition) is 2. The normalized spacial score (nSPS) is 19.4. The fraction of sp³-hybridized carbons (Fsp3) is 0.708. The average molecular weight is 560 g/mol. The molecule has 8 heteroatoms. The Hall–Kier alpha value is -0.940. The van der Waals surface area contributed by atoms with Crippen molar-refractivity contribution in [2.24, 2.45) is 10.9 Å². The average Bonchev–Trinajstić information content (AvgIpc) is 2.79. The van der Waals surface area contributed by atoms with Crippen LogP contribution in [0.1, 0.15) is 31.9 Å². The molecule has 1 aromatic rings. The van der Waals surface area contributed by atoms with Crippen LogP contribution in [-0.4, -0.2) is 87.5 Å². The molecule has 2 N–H and O–H groups in total. The highest BCUT2D eigenvalue weighted by molar-refractivity contribution is 14.0. The highest BCUT2D eigenvalue weighted by atomic mass is 127. The number of aliphatic imine (C=N–C) groups is 1. The third-order valence-electron chi connectivity index (χ3n) is 6.13. The first-order valence-corrected chi connectivity index (χ1v) is 11.9. The van der Waals surface area contributed by atoms with Gasteiger partial charge in [0, 0.05) is 51.9 Å². The Balaban J connectivity index is 0.00000363. The second-order valence-electron chi connectivity index (χ2n) is 8.69. The molecule has 3 rings (SSSR count). The lowest BCUT2D eigenvalue weighted by Gasteiger charge is -2.37. The van der Waals surface area contributed by atoms with Crippen LogP contribution in [0.3, 0.4) is 0 Å². The minimum absolute atomic E-state index is 0. The molecule has 0 aliphatic carbocycles. The largest absolute Gasteiger partial charge is 0.379 e. The van der Waals surface area contributed by atoms with Crippen molar-refractivity contribution in [3.63, 3.8) is 0 Å². The predicted octanol–water partition coefficient (Wildman–Crippen LogP) is 2.55. The second-order valence-corrected chi connectivity index (χ2v) is 8.69. The van der Waals surface area contributed by atoms with Gasteiger partial charge >= 0.3 is 0 Å². The first kappa shape index (κ1) is 27.3. The lowest BCUT2D eigenvalue weighted by molar-refractivity contribution is 0.00752. The maximum absolute atomic E-state index is 5.54. The molecule has 0 aromatic heterocycles. The van der Waals surface area contributed by atoms with Crippen molar-refractivity contribution < 1.29 is 9.47 Å². The fourth-order valence-corrected chi connectivity index (χ4v) is 4.27. The first-order chi connectivity index (χ1) is 15.2. The molecule has 2 saturated heterocycles. The zero-order valence-electron chi connectivity index (χ0n) is 20.0. The number of ether oxygens (including phenoxy) is 2. The molecule has 1 atom stereocenters. The number of benzene rings is 1. The van der Waals surface area contributed by atoms with Gasteiger partial charge in [0.15, 0.2) is 5.96 Å². The van der Waals surface area contributed by atoms with Gasteiger partial charge in [-0.2, -0.15) is 0 Å². The van der Waals surface area contributed by atoms with Gasteiger partial charge in [0.25, 0.3) is 0 Å². The Morgan fingerprint density at radius 1 is 0.969 bits per heavy atom. The van der Waals surface area contributed by atoms with Gasteiger partial charge in [0.05, 0.1) is 33.0 Å². The van der Waals surface area contributed by atoms with Crippen LogP contribution in [0.15, 0.2) is 29.3 Å². The molecule has 2 fully saturated rings. The molecule has 0 amide bonds. The number of rotatable bonds is 9. The smallest absolute Gasteiger partial charge is 0.191 e. The van der Waals surface area contributed by atoms with E-state index >= 15 is 0 Å². The Morgan fingerprint density at radius 3 is 2.22 bits per heavy atom. The minimum Gasteiger partial charge on any atom is -0.379 e. The summed E-state index contributed by atoms with van der Waals surface area (Å²) >= 11 is 0. The summed E-state index contributed by atoms with van der Waals surface area (Å²) in [5.74, 6) is 1.46. The van der Waals surface area contributed by atoms with Crippen LogP contribution in [0.5, 0.6) is 0 Å². The van der Waals surface area contributed by atoms with E-state index in [1.54, 1.807) is 0 Å². The molecule has 0 saturated carbocycles. The summed E-state index contributed by atoms with van der Waals surface area (Å²) in [6.07, 6.45) is 0. The van der Waals surface area contributed by atoms with Crippen LogP contribution in [0, 0.1) is 5.92 Å². The first-order valence-electron chi connectivity index (χ1n) is 11.9. The molecule has 2 aliphatic rings. The van der Waals surface area contributed by atoms with E-state index in [1.165, 1.54) is 11.1 Å². The summed E-state index contributed by atoms with van der Waals surface area (Å²) < 4.78 is 11.0. The molecule has 0 radical (unpaired) electrons. The van der Waals surface area contributed by atoms with Gasteiger partial charge < -0.3 is 20.1 Å². The molecule has 1 unspecified atom stereocenters. The highest BCUT2D eigenvalue weighted by Gasteiger charge is 2.24. The van der Waals surface area contributed by atoms with E-state index in [2.05, 4.69) is 65.5 Å². The van der Waals surface area contributed by atoms with E-state index in [4.69, 9.17) is 14.5 Å². The van der Waals surface area contributed by atoms with Gasteiger partial charge in [-0.1, -0.05) is 38.1 Å². The van der Waals surface area contributed by atoms with Gasteiger partial charge in [-0.25, -0.2) is 4.99 Å². The number of nitrogens with zero attached hydrogens (tertiary/aromatic N) is 3. The van der Waals surface area contributed by atoms with Crippen LogP contribution in [0.4, 0.5) is 0 Å². The molecule has 7 nitrogen and oxygen atoms in total. The van der Waals surface area contributed by atoms with Gasteiger partial charge in [0.1, 0.15) is 0 Å². The standard InChI is InChI=1S/C24H41N5O2.HI/c1-4-25-24(27-18-23(20(2)3)29-11-15-31-16-12-29)26-17-21-7-5-6-8-22(21)19-28-9-13-30-14-10-28;/h5-8,20,23H,4,9-19H2,1-3H3,(H2,25,26,27);1H. The van der Waals surface area contributed by atoms with Crippen LogP contribution < -0.4 is 10.6 Å². The molecule has 2 heterocycles. The fourth-order valence-electron chi connectivity index (χ4n) is 4.27. The number of halogens is 1. The number of hydrogen-bond acceptors (Lipinski definition) is 5. The van der Waals surface area contributed by atoms with Gasteiger partial charge in [-0.3, -0.25) is 9.80 Å². The van der Waals surface area contributed by atoms with E-state index in [1.807, 2.05) is 0 Å². The quantitative estimate of drug-likeness (QED) is 0.276. The Labute approximate surface area is 211 Å². The molecule has 2 aliphatic heterocycles. The van der Waals surface area contributed by atoms with Crippen molar-refractivity contribution in [3.8, 4) is 0 Å². The van der Waals surface area contributed by atoms with Crippen molar-refractivity contribution in [2.45, 2.75) is 39.9 Å². The van der Waals surface area contributed by atoms with E-state index in [0.29, 0.717) is 18.5 Å². The summed E-state index contributed by atoms with van der Waals surface area (Å²) in [6, 6.07) is 9.14. The maximum Gasteiger partial charge on any atom is 0.191 e. The van der Waals surface area contributed by atoms with Crippen molar-refractivity contribution in [3.05, 3.63) is 35.4 Å². The SMILES string of the molecule is CCNC(=NCc1ccccc1CN1CCOCC1)NCC(C(C)C)N1CCOCC1.I. The summed E-state index contributed by atoms with van der Waals surface area (Å²) in [4.78, 5) is 9.93. The molecule has 0 bridgehead atoms. The molecule has 32 heavy (non-hydrogen) atoms. The second kappa shape index (κ2) is 15.1. The lowest BCUT2D eigenvalue weighted by atomic mass is 10.0. The van der Waals surface area contributed by atoms with E-state index in [0.717, 1.165) is 78.2 Å². The molecule has 182 valence electrons. The third kappa shape index (κ3) is 8.78. The number of guanidine groups is 1. The third-order valence-corrected chi connectivity index (χ3v) is 6.13. The summed E-state index contributed by atoms with van der Waals surface area (Å²) in [5, 5.41) is 7.02. The van der Waals surface area contributed by atoms with Crippen molar-refractivity contribution >= 4 is 29.9 Å². The maximum atomic E-state index is 5.54. The van der Waals surface area contributed by atoms with Crippen molar-refractivity contribution in [2.75, 3.05) is 65.7 Å². The van der Waals surface area contributed by atoms with Gasteiger partial charge in [0.2, 0.25) is 0 Å². The summed E-state index contributed by atoms with van der Waals surface area (Å²) in [7, 11) is 0. The molecular formula is C24H42IN5O2. The Bertz CT molecular complexity index is 676. The lowest BCUT2D eigenvalue weighted by Crippen LogP contribution is -2.52. The van der Waals surface area contributed by atoms with Crippen LogP contribution >= 0.6 is 24.0 Å². The number of morpholine rings is 2. The Kier molecular flexibility index (Phi) is 12.8. The zero-order chi connectivity index (χ0) is 21.9. The van der Waals surface area contributed by atoms with E-state index in [-0.39, 0.29) is 24.0 Å². The Morgan fingerprint density at radius 2 is 1.59 bits per heavy atom. The summed E-state index contributed by atoms with van der Waals surface area (Å²) in [5.41, 5.74) is 2.65. The molecule has 1 aromatic carbocycles. The van der Waals surface area contributed by atoms with Gasteiger partial charge in [-0.15, -0.1) is 24.0 Å². The van der Waals surface area contributed by atoms with Crippen LogP contribution in [0.25, 0.3) is 0 Å². The van der Waals surface area contributed by atoms with Crippen LogP contribution in [0.2, 0.25) is 0 Å². The van der Waals surface area contributed by atoms with Crippen molar-refractivity contribution in [1.29, 1.82) is 0 Å².